The molecule has 0 aromatic heterocycles. The van der Waals surface area contributed by atoms with E-state index in [1.54, 1.807) is 43.9 Å². The van der Waals surface area contributed by atoms with E-state index in [1.807, 2.05) is 0 Å². The second-order valence-electron chi connectivity index (χ2n) is 14.1. The third kappa shape index (κ3) is 7.60. The first-order chi connectivity index (χ1) is 24.0. The van der Waals surface area contributed by atoms with Gasteiger partial charge in [0.2, 0.25) is 21.8 Å². The number of anilines is 1. The summed E-state index contributed by atoms with van der Waals surface area (Å²) < 4.78 is 63.7. The van der Waals surface area contributed by atoms with Crippen LogP contribution >= 0.6 is 0 Å². The predicted molar refractivity (Wildman–Crippen MR) is 178 cm³/mol. The van der Waals surface area contributed by atoms with Gasteiger partial charge < -0.3 is 15.0 Å². The summed E-state index contributed by atoms with van der Waals surface area (Å²) >= 11 is 0. The van der Waals surface area contributed by atoms with Crippen LogP contribution in [0.4, 0.5) is 19.3 Å². The lowest BCUT2D eigenvalue weighted by Crippen LogP contribution is -2.54. The number of sulfonamides is 1. The molecule has 3 saturated heterocycles. The SMILES string of the molecule is CC(C)(C)OC(=O)N[C@H]1CCN(S(=O)(=O)c2cccc(CN3CCN(c4cc5c(cc4F)C(=O)N(C4CCC(=O)NC4=O)C5=O)CC3)c2)C[C@H]1F. The summed E-state index contributed by atoms with van der Waals surface area (Å²) in [6, 6.07) is 6.74. The van der Waals surface area contributed by atoms with Crippen molar-refractivity contribution in [2.45, 2.75) is 75.3 Å². The largest absolute Gasteiger partial charge is 0.444 e. The highest BCUT2D eigenvalue weighted by Crippen LogP contribution is 2.33. The fourth-order valence-electron chi connectivity index (χ4n) is 6.80. The number of halogens is 2. The number of alkyl halides is 1. The molecule has 2 aromatic carbocycles. The van der Waals surface area contributed by atoms with E-state index in [4.69, 9.17) is 4.74 Å². The number of ether oxygens (including phenoxy) is 1. The van der Waals surface area contributed by atoms with Gasteiger partial charge in [-0.25, -0.2) is 22.0 Å². The van der Waals surface area contributed by atoms with Gasteiger partial charge in [0.05, 0.1) is 27.8 Å². The van der Waals surface area contributed by atoms with Gasteiger partial charge in [-0.1, -0.05) is 12.1 Å². The van der Waals surface area contributed by atoms with E-state index < -0.39 is 76.0 Å². The Labute approximate surface area is 294 Å². The number of carbonyl (C=O) groups is 5. The van der Waals surface area contributed by atoms with Crippen molar-refractivity contribution in [2.24, 2.45) is 0 Å². The molecule has 4 aliphatic rings. The standard InChI is InChI=1S/C34H40F2N6O8S/c1-34(2,3)50-33(47)37-26-9-10-41(19-25(26)36)51(48,49)21-6-4-5-20(15-21)18-39-11-13-40(14-12-39)28-17-23-22(16-24(28)35)31(45)42(32(23)46)27-7-8-29(43)38-30(27)44/h4-6,15-17,25-27H,7-14,18-19H2,1-3H3,(H,37,47)(H,38,43,44)/t25-,26+,27?/m1/s1. The average Bonchev–Trinajstić information content (AvgIpc) is 3.29. The highest BCUT2D eigenvalue weighted by atomic mass is 32.2. The molecule has 6 rings (SSSR count). The van der Waals surface area contributed by atoms with Gasteiger partial charge >= 0.3 is 6.09 Å². The van der Waals surface area contributed by atoms with Crippen LogP contribution in [0.5, 0.6) is 0 Å². The Morgan fingerprint density at radius 3 is 2.31 bits per heavy atom. The molecule has 0 spiro atoms. The molecule has 17 heteroatoms. The minimum absolute atomic E-state index is 0.00583. The topological polar surface area (TPSA) is 166 Å². The molecule has 5 amide bonds. The molecule has 1 unspecified atom stereocenters. The van der Waals surface area contributed by atoms with Crippen molar-refractivity contribution < 1.29 is 45.9 Å². The summed E-state index contributed by atoms with van der Waals surface area (Å²) in [7, 11) is -4.03. The van der Waals surface area contributed by atoms with E-state index in [2.05, 4.69) is 15.5 Å². The van der Waals surface area contributed by atoms with Crippen molar-refractivity contribution in [3.63, 3.8) is 0 Å². The molecule has 2 N–H and O–H groups in total. The Hall–Kier alpha value is -4.48. The lowest BCUT2D eigenvalue weighted by atomic mass is 10.0. The zero-order valence-electron chi connectivity index (χ0n) is 28.5. The minimum Gasteiger partial charge on any atom is -0.444 e. The molecule has 0 aliphatic carbocycles. The second kappa shape index (κ2) is 13.9. The molecule has 0 radical (unpaired) electrons. The van der Waals surface area contributed by atoms with Crippen LogP contribution in [0.15, 0.2) is 41.3 Å². The van der Waals surface area contributed by atoms with E-state index in [0.717, 1.165) is 15.3 Å². The van der Waals surface area contributed by atoms with Gasteiger partial charge in [0.25, 0.3) is 11.8 Å². The molecule has 51 heavy (non-hydrogen) atoms. The van der Waals surface area contributed by atoms with Crippen molar-refractivity contribution in [3.8, 4) is 0 Å². The Balaban J connectivity index is 1.06. The van der Waals surface area contributed by atoms with Crippen molar-refractivity contribution in [1.82, 2.24) is 24.7 Å². The van der Waals surface area contributed by atoms with Crippen molar-refractivity contribution >= 4 is 45.4 Å². The van der Waals surface area contributed by atoms with Crippen LogP contribution in [0.3, 0.4) is 0 Å². The summed E-state index contributed by atoms with van der Waals surface area (Å²) in [5, 5.41) is 4.64. The van der Waals surface area contributed by atoms with Gasteiger partial charge in [0.15, 0.2) is 0 Å². The number of fused-ring (bicyclic) bond motifs is 1. The van der Waals surface area contributed by atoms with Gasteiger partial charge in [0.1, 0.15) is 23.6 Å². The highest BCUT2D eigenvalue weighted by molar-refractivity contribution is 7.89. The van der Waals surface area contributed by atoms with Crippen molar-refractivity contribution in [1.29, 1.82) is 0 Å². The van der Waals surface area contributed by atoms with Crippen molar-refractivity contribution in [3.05, 3.63) is 58.9 Å². The first-order valence-electron chi connectivity index (χ1n) is 16.8. The maximum atomic E-state index is 15.4. The van der Waals surface area contributed by atoms with E-state index in [0.29, 0.717) is 38.3 Å². The first-order valence-corrected chi connectivity index (χ1v) is 18.2. The third-order valence-electron chi connectivity index (χ3n) is 9.37. The quantitative estimate of drug-likeness (QED) is 0.404. The van der Waals surface area contributed by atoms with E-state index in [1.165, 1.54) is 12.1 Å². The van der Waals surface area contributed by atoms with Crippen LogP contribution in [0.25, 0.3) is 0 Å². The maximum absolute atomic E-state index is 15.4. The van der Waals surface area contributed by atoms with Crippen LogP contribution < -0.4 is 15.5 Å². The number of nitrogens with one attached hydrogen (secondary N) is 2. The van der Waals surface area contributed by atoms with Gasteiger partial charge in [-0.3, -0.25) is 34.3 Å². The van der Waals surface area contributed by atoms with Crippen LogP contribution in [-0.2, 0) is 30.9 Å². The molecule has 2 aromatic rings. The molecule has 3 fully saturated rings. The summed E-state index contributed by atoms with van der Waals surface area (Å²) in [5.74, 6) is -3.43. The van der Waals surface area contributed by atoms with E-state index >= 15 is 8.78 Å². The Bertz CT molecular complexity index is 1880. The summed E-state index contributed by atoms with van der Waals surface area (Å²) in [6.07, 6.45) is -2.34. The number of piperazine rings is 1. The summed E-state index contributed by atoms with van der Waals surface area (Å²) in [4.78, 5) is 67.0. The third-order valence-corrected chi connectivity index (χ3v) is 11.2. The van der Waals surface area contributed by atoms with Gasteiger partial charge in [-0.2, -0.15) is 4.31 Å². The Morgan fingerprint density at radius 1 is 0.980 bits per heavy atom. The molecule has 4 aliphatic heterocycles. The van der Waals surface area contributed by atoms with Gasteiger partial charge in [0, 0.05) is 52.2 Å². The molecule has 0 bridgehead atoms. The fourth-order valence-corrected chi connectivity index (χ4v) is 8.33. The average molecular weight is 731 g/mol. The van der Waals surface area contributed by atoms with E-state index in [9.17, 15) is 32.4 Å². The fraction of sp³-hybridized carbons (Fsp3) is 0.500. The number of imide groups is 2. The normalized spacial score (nSPS) is 23.7. The number of carbonyl (C=O) groups excluding carboxylic acids is 5. The minimum atomic E-state index is -4.03. The molecular formula is C34H40F2N6O8S. The van der Waals surface area contributed by atoms with Crippen LogP contribution in [0.2, 0.25) is 0 Å². The summed E-state index contributed by atoms with van der Waals surface area (Å²) in [6.45, 7) is 6.77. The first kappa shape index (κ1) is 36.3. The van der Waals surface area contributed by atoms with Gasteiger partial charge in [-0.15, -0.1) is 0 Å². The molecule has 14 nitrogen and oxygen atoms in total. The Kier molecular flexibility index (Phi) is 9.91. The molecule has 4 heterocycles. The number of rotatable bonds is 7. The second-order valence-corrected chi connectivity index (χ2v) is 16.1. The number of hydrogen-bond acceptors (Lipinski definition) is 10. The predicted octanol–water partition coefficient (Wildman–Crippen LogP) is 2.17. The molecular weight excluding hydrogens is 690 g/mol. The molecule has 3 atom stereocenters. The number of amides is 5. The van der Waals surface area contributed by atoms with Crippen LogP contribution in [0, 0.1) is 5.82 Å². The Morgan fingerprint density at radius 2 is 1.67 bits per heavy atom. The zero-order chi connectivity index (χ0) is 36.8. The lowest BCUT2D eigenvalue weighted by molar-refractivity contribution is -0.136. The number of piperidine rings is 2. The monoisotopic (exact) mass is 730 g/mol. The van der Waals surface area contributed by atoms with Crippen LogP contribution in [0.1, 0.15) is 66.3 Å². The van der Waals surface area contributed by atoms with Crippen LogP contribution in [-0.4, -0.2) is 115 Å². The molecule has 274 valence electrons. The number of alkyl carbamates (subject to hydrolysis) is 1. The van der Waals surface area contributed by atoms with E-state index in [-0.39, 0.29) is 47.5 Å². The smallest absolute Gasteiger partial charge is 0.407 e. The maximum Gasteiger partial charge on any atom is 0.407 e. The summed E-state index contributed by atoms with van der Waals surface area (Å²) in [5.41, 5.74) is -0.0470. The number of benzene rings is 2. The lowest BCUT2D eigenvalue weighted by Gasteiger charge is -2.36. The van der Waals surface area contributed by atoms with Crippen molar-refractivity contribution in [2.75, 3.05) is 44.2 Å². The molecule has 0 saturated carbocycles. The highest BCUT2D eigenvalue weighted by Gasteiger charge is 2.45. The number of hydrogen-bond donors (Lipinski definition) is 2. The number of nitrogens with zero attached hydrogens (tertiary/aromatic N) is 4. The van der Waals surface area contributed by atoms with Gasteiger partial charge in [-0.05, 0) is 63.4 Å². The zero-order valence-corrected chi connectivity index (χ0v) is 29.3.